The van der Waals surface area contributed by atoms with E-state index < -0.39 is 10.0 Å². The summed E-state index contributed by atoms with van der Waals surface area (Å²) in [7, 11) is -3.59. The molecule has 1 rings (SSSR count). The van der Waals surface area contributed by atoms with E-state index >= 15 is 0 Å². The number of hydrogen-bond acceptors (Lipinski definition) is 4. The topological polar surface area (TPSA) is 66.4 Å². The van der Waals surface area contributed by atoms with Gasteiger partial charge in [0.05, 0.1) is 4.90 Å². The minimum Gasteiger partial charge on any atom is -0.384 e. The second-order valence-corrected chi connectivity index (χ2v) is 7.70. The molecule has 6 heteroatoms. The Hall–Kier alpha value is -1.00. The first-order chi connectivity index (χ1) is 9.90. The maximum atomic E-state index is 12.3. The summed E-state index contributed by atoms with van der Waals surface area (Å²) in [5, 5.41) is 9.18. The Labute approximate surface area is 131 Å². The van der Waals surface area contributed by atoms with Crippen LogP contribution in [0.5, 0.6) is 0 Å². The van der Waals surface area contributed by atoms with E-state index in [1.807, 2.05) is 13.2 Å². The van der Waals surface area contributed by atoms with E-state index in [9.17, 15) is 8.42 Å². The fourth-order valence-electron chi connectivity index (χ4n) is 1.70. The molecule has 0 aliphatic rings. The van der Waals surface area contributed by atoms with Gasteiger partial charge in [-0.2, -0.15) is 11.8 Å². The summed E-state index contributed by atoms with van der Waals surface area (Å²) in [6.45, 7) is 4.02. The Balaban J connectivity index is 2.97. The molecule has 1 aromatic carbocycles. The number of aliphatic hydroxyl groups is 1. The summed E-state index contributed by atoms with van der Waals surface area (Å²) in [5.41, 5.74) is 1.33. The van der Waals surface area contributed by atoms with Crippen LogP contribution in [0.2, 0.25) is 0 Å². The van der Waals surface area contributed by atoms with Gasteiger partial charge in [-0.3, -0.25) is 0 Å². The molecule has 2 N–H and O–H groups in total. The van der Waals surface area contributed by atoms with Crippen molar-refractivity contribution >= 4 is 21.8 Å². The van der Waals surface area contributed by atoms with Crippen LogP contribution >= 0.6 is 11.8 Å². The summed E-state index contributed by atoms with van der Waals surface area (Å²) in [6.07, 6.45) is 2.77. The summed E-state index contributed by atoms with van der Waals surface area (Å²) < 4.78 is 27.3. The summed E-state index contributed by atoms with van der Waals surface area (Å²) >= 11 is 1.70. The zero-order valence-electron chi connectivity index (χ0n) is 12.5. The molecule has 0 amide bonds. The van der Waals surface area contributed by atoms with Crippen molar-refractivity contribution < 1.29 is 13.5 Å². The average Bonchev–Trinajstić information content (AvgIpc) is 2.44. The maximum Gasteiger partial charge on any atom is 0.241 e. The quantitative estimate of drug-likeness (QED) is 0.781. The van der Waals surface area contributed by atoms with Crippen molar-refractivity contribution in [1.82, 2.24) is 4.72 Å². The lowest BCUT2D eigenvalue weighted by molar-refractivity contribution is 0.350. The molecule has 0 saturated carbocycles. The van der Waals surface area contributed by atoms with Crippen LogP contribution in [0.25, 0.3) is 0 Å². The summed E-state index contributed by atoms with van der Waals surface area (Å²) in [6, 6.07) is 5.00. The van der Waals surface area contributed by atoms with Crippen molar-refractivity contribution in [3.8, 4) is 11.8 Å². The van der Waals surface area contributed by atoms with Gasteiger partial charge in [0.15, 0.2) is 0 Å². The molecule has 0 aliphatic heterocycles. The lowest BCUT2D eigenvalue weighted by Crippen LogP contribution is -2.27. The maximum absolute atomic E-state index is 12.3. The molecule has 0 saturated heterocycles. The van der Waals surface area contributed by atoms with E-state index in [0.29, 0.717) is 17.4 Å². The Bertz CT molecular complexity index is 630. The molecule has 1 atom stereocenters. The number of aliphatic hydroxyl groups excluding tert-OH is 1. The first-order valence-corrected chi connectivity index (χ1v) is 9.40. The highest BCUT2D eigenvalue weighted by molar-refractivity contribution is 7.99. The van der Waals surface area contributed by atoms with Gasteiger partial charge in [-0.15, -0.1) is 0 Å². The molecule has 0 fully saturated rings. The molecule has 0 heterocycles. The second-order valence-electron chi connectivity index (χ2n) is 4.69. The van der Waals surface area contributed by atoms with Crippen LogP contribution in [-0.4, -0.2) is 38.2 Å². The van der Waals surface area contributed by atoms with Gasteiger partial charge in [-0.25, -0.2) is 13.1 Å². The van der Waals surface area contributed by atoms with Crippen molar-refractivity contribution in [1.29, 1.82) is 0 Å². The van der Waals surface area contributed by atoms with Crippen molar-refractivity contribution in [3.63, 3.8) is 0 Å². The molecule has 21 heavy (non-hydrogen) atoms. The number of thioether (sulfide) groups is 1. The van der Waals surface area contributed by atoms with Crippen LogP contribution in [-0.2, 0) is 10.0 Å². The number of benzene rings is 1. The Morgan fingerprint density at radius 3 is 2.76 bits per heavy atom. The number of sulfonamides is 1. The van der Waals surface area contributed by atoms with Crippen molar-refractivity contribution in [2.75, 3.05) is 19.4 Å². The molecule has 1 unspecified atom stereocenters. The number of aryl methyl sites for hydroxylation is 1. The Kier molecular flexibility index (Phi) is 7.26. The van der Waals surface area contributed by atoms with Gasteiger partial charge in [0, 0.05) is 17.4 Å². The van der Waals surface area contributed by atoms with E-state index in [1.165, 1.54) is 0 Å². The van der Waals surface area contributed by atoms with E-state index in [2.05, 4.69) is 23.5 Å². The fraction of sp³-hybridized carbons (Fsp3) is 0.467. The second kappa shape index (κ2) is 8.44. The lowest BCUT2D eigenvalue weighted by atomic mass is 10.1. The standard InChI is InChI=1S/C15H21NO3S2/c1-12-6-7-15(14(11-12)5-4-10-17)21(18,19)16-9-8-13(2)20-3/h6-7,11,13,16-17H,8-10H2,1-3H3. The first-order valence-electron chi connectivity index (χ1n) is 6.63. The predicted octanol–water partition coefficient (Wildman–Crippen LogP) is 1.76. The third-order valence-electron chi connectivity index (χ3n) is 2.97. The van der Waals surface area contributed by atoms with E-state index in [1.54, 1.807) is 30.0 Å². The zero-order chi connectivity index (χ0) is 15.9. The zero-order valence-corrected chi connectivity index (χ0v) is 14.1. The third-order valence-corrected chi connectivity index (χ3v) is 5.53. The number of hydrogen-bond donors (Lipinski definition) is 2. The predicted molar refractivity (Wildman–Crippen MR) is 87.9 cm³/mol. The van der Waals surface area contributed by atoms with Crippen LogP contribution in [0.3, 0.4) is 0 Å². The molecule has 0 spiro atoms. The largest absolute Gasteiger partial charge is 0.384 e. The van der Waals surface area contributed by atoms with Crippen molar-refractivity contribution in [2.24, 2.45) is 0 Å². The number of nitrogens with one attached hydrogen (secondary N) is 1. The van der Waals surface area contributed by atoms with Gasteiger partial charge in [0.25, 0.3) is 0 Å². The van der Waals surface area contributed by atoms with Crippen molar-refractivity contribution in [2.45, 2.75) is 30.4 Å². The molecule has 1 aromatic rings. The fourth-order valence-corrected chi connectivity index (χ4v) is 3.25. The van der Waals surface area contributed by atoms with Crippen molar-refractivity contribution in [3.05, 3.63) is 29.3 Å². The van der Waals surface area contributed by atoms with Crippen LogP contribution in [0, 0.1) is 18.8 Å². The van der Waals surface area contributed by atoms with Gasteiger partial charge in [0.1, 0.15) is 6.61 Å². The van der Waals surface area contributed by atoms with E-state index in [4.69, 9.17) is 5.11 Å². The van der Waals surface area contributed by atoms with Gasteiger partial charge in [-0.05, 0) is 37.3 Å². The minimum absolute atomic E-state index is 0.158. The number of rotatable bonds is 6. The molecular formula is C15H21NO3S2. The molecule has 4 nitrogen and oxygen atoms in total. The molecular weight excluding hydrogens is 306 g/mol. The van der Waals surface area contributed by atoms with Crippen LogP contribution in [0.1, 0.15) is 24.5 Å². The monoisotopic (exact) mass is 327 g/mol. The SMILES string of the molecule is CSC(C)CCNS(=O)(=O)c1ccc(C)cc1C#CCO. The van der Waals surface area contributed by atoms with Gasteiger partial charge < -0.3 is 5.11 Å². The first kappa shape index (κ1) is 18.1. The highest BCUT2D eigenvalue weighted by Gasteiger charge is 2.17. The van der Waals surface area contributed by atoms with Crippen LogP contribution in [0.4, 0.5) is 0 Å². The van der Waals surface area contributed by atoms with Crippen LogP contribution < -0.4 is 4.72 Å². The molecule has 0 radical (unpaired) electrons. The van der Waals surface area contributed by atoms with Gasteiger partial charge in [0.2, 0.25) is 10.0 Å². The molecule has 0 bridgehead atoms. The normalized spacial score (nSPS) is 12.6. The Morgan fingerprint density at radius 2 is 2.14 bits per heavy atom. The molecule has 0 aliphatic carbocycles. The van der Waals surface area contributed by atoms with Gasteiger partial charge >= 0.3 is 0 Å². The lowest BCUT2D eigenvalue weighted by Gasteiger charge is -2.11. The molecule has 0 aromatic heterocycles. The highest BCUT2D eigenvalue weighted by Crippen LogP contribution is 2.17. The minimum atomic E-state index is -3.59. The average molecular weight is 327 g/mol. The highest BCUT2D eigenvalue weighted by atomic mass is 32.2. The smallest absolute Gasteiger partial charge is 0.241 e. The summed E-state index contributed by atoms with van der Waals surface area (Å²) in [5.74, 6) is 5.19. The third kappa shape index (κ3) is 5.71. The van der Waals surface area contributed by atoms with Gasteiger partial charge in [-0.1, -0.05) is 24.8 Å². The Morgan fingerprint density at radius 1 is 1.43 bits per heavy atom. The van der Waals surface area contributed by atoms with E-state index in [-0.39, 0.29) is 11.5 Å². The van der Waals surface area contributed by atoms with E-state index in [0.717, 1.165) is 12.0 Å². The summed E-state index contributed by atoms with van der Waals surface area (Å²) in [4.78, 5) is 0.158. The molecule has 116 valence electrons. The van der Waals surface area contributed by atoms with Crippen LogP contribution in [0.15, 0.2) is 23.1 Å².